The summed E-state index contributed by atoms with van der Waals surface area (Å²) in [7, 11) is -1.86. The smallest absolute Gasteiger partial charge is 0.206 e. The molecule has 0 spiro atoms. The van der Waals surface area contributed by atoms with Gasteiger partial charge in [-0.2, -0.15) is 4.31 Å². The van der Waals surface area contributed by atoms with Crippen LogP contribution in [-0.2, 0) is 22.4 Å². The van der Waals surface area contributed by atoms with E-state index in [1.165, 1.54) is 15.6 Å². The minimum absolute atomic E-state index is 0.341. The third-order valence-electron chi connectivity index (χ3n) is 3.31. The molecule has 0 saturated carbocycles. The first kappa shape index (κ1) is 16.5. The molecule has 3 nitrogen and oxygen atoms in total. The Morgan fingerprint density at radius 1 is 1.19 bits per heavy atom. The lowest BCUT2D eigenvalue weighted by Gasteiger charge is -2.16. The molecule has 114 valence electrons. The van der Waals surface area contributed by atoms with Crippen molar-refractivity contribution in [1.29, 1.82) is 0 Å². The van der Waals surface area contributed by atoms with Crippen LogP contribution in [0.15, 0.2) is 34.5 Å². The topological polar surface area (TPSA) is 37.4 Å². The van der Waals surface area contributed by atoms with E-state index in [1.807, 2.05) is 38.1 Å². The van der Waals surface area contributed by atoms with Crippen molar-refractivity contribution in [2.45, 2.75) is 30.5 Å². The molecule has 0 aliphatic heterocycles. The first-order valence-corrected chi connectivity index (χ1v) is 9.31. The maximum Gasteiger partial charge on any atom is 0.252 e. The summed E-state index contributed by atoms with van der Waals surface area (Å²) in [6, 6.07) is 9.56. The van der Waals surface area contributed by atoms with Gasteiger partial charge in [0.1, 0.15) is 4.21 Å². The minimum atomic E-state index is -3.47. The van der Waals surface area contributed by atoms with E-state index in [4.69, 9.17) is 11.6 Å². The predicted molar refractivity (Wildman–Crippen MR) is 88.4 cm³/mol. The SMILES string of the molecule is Cc1ccc(CN(C)S(=O)(=O)c2cc(C)c(CCl)s2)cc1. The molecule has 0 radical (unpaired) electrons. The Labute approximate surface area is 135 Å². The van der Waals surface area contributed by atoms with E-state index < -0.39 is 10.0 Å². The molecule has 1 aromatic heterocycles. The number of sulfonamides is 1. The second-order valence-corrected chi connectivity index (χ2v) is 8.73. The molecule has 1 heterocycles. The minimum Gasteiger partial charge on any atom is -0.206 e. The summed E-state index contributed by atoms with van der Waals surface area (Å²) < 4.78 is 26.9. The third-order valence-corrected chi connectivity index (χ3v) is 7.23. The van der Waals surface area contributed by atoms with Gasteiger partial charge in [0, 0.05) is 18.5 Å². The van der Waals surface area contributed by atoms with Crippen molar-refractivity contribution in [2.24, 2.45) is 0 Å². The summed E-state index contributed by atoms with van der Waals surface area (Å²) in [5.74, 6) is 0.341. The molecule has 0 unspecified atom stereocenters. The Bertz CT molecular complexity index is 721. The quantitative estimate of drug-likeness (QED) is 0.771. The zero-order chi connectivity index (χ0) is 15.6. The number of thiophene rings is 1. The van der Waals surface area contributed by atoms with Crippen LogP contribution >= 0.6 is 22.9 Å². The van der Waals surface area contributed by atoms with Gasteiger partial charge >= 0.3 is 0 Å². The van der Waals surface area contributed by atoms with E-state index >= 15 is 0 Å². The molecule has 0 amide bonds. The Kier molecular flexibility index (Phi) is 5.09. The highest BCUT2D eigenvalue weighted by Gasteiger charge is 2.24. The molecule has 0 aliphatic rings. The first-order chi connectivity index (χ1) is 9.84. The molecule has 2 aromatic rings. The lowest BCUT2D eigenvalue weighted by Crippen LogP contribution is -2.25. The summed E-state index contributed by atoms with van der Waals surface area (Å²) in [5.41, 5.74) is 3.06. The number of alkyl halides is 1. The molecule has 21 heavy (non-hydrogen) atoms. The van der Waals surface area contributed by atoms with Crippen molar-refractivity contribution in [1.82, 2.24) is 4.31 Å². The number of hydrogen-bond acceptors (Lipinski definition) is 3. The number of halogens is 1. The van der Waals surface area contributed by atoms with Gasteiger partial charge in [0.05, 0.1) is 5.88 Å². The zero-order valence-corrected chi connectivity index (χ0v) is 14.6. The van der Waals surface area contributed by atoms with Gasteiger partial charge in [0.25, 0.3) is 10.0 Å². The van der Waals surface area contributed by atoms with Crippen LogP contribution in [0.2, 0.25) is 0 Å². The molecule has 1 aromatic carbocycles. The van der Waals surface area contributed by atoms with Gasteiger partial charge in [-0.25, -0.2) is 8.42 Å². The Hall–Kier alpha value is -0.880. The fraction of sp³-hybridized carbons (Fsp3) is 0.333. The van der Waals surface area contributed by atoms with Crippen LogP contribution < -0.4 is 0 Å². The van der Waals surface area contributed by atoms with E-state index in [0.29, 0.717) is 16.6 Å². The van der Waals surface area contributed by atoms with Gasteiger partial charge < -0.3 is 0 Å². The number of hydrogen-bond donors (Lipinski definition) is 0. The van der Waals surface area contributed by atoms with Gasteiger partial charge in [-0.1, -0.05) is 29.8 Å². The maximum atomic E-state index is 12.6. The lowest BCUT2D eigenvalue weighted by molar-refractivity contribution is 0.468. The molecule has 2 rings (SSSR count). The molecular weight excluding hydrogens is 326 g/mol. The van der Waals surface area contributed by atoms with Crippen LogP contribution in [0.5, 0.6) is 0 Å². The Morgan fingerprint density at radius 3 is 2.33 bits per heavy atom. The van der Waals surface area contributed by atoms with Crippen LogP contribution in [0.1, 0.15) is 21.6 Å². The van der Waals surface area contributed by atoms with E-state index in [9.17, 15) is 8.42 Å². The summed E-state index contributed by atoms with van der Waals surface area (Å²) in [4.78, 5) is 0.902. The summed E-state index contributed by atoms with van der Waals surface area (Å²) >= 11 is 7.07. The number of rotatable bonds is 5. The fourth-order valence-corrected chi connectivity index (χ4v) is 5.12. The molecule has 0 aliphatic carbocycles. The monoisotopic (exact) mass is 343 g/mol. The molecule has 0 fully saturated rings. The standard InChI is InChI=1S/C15H18ClNO2S2/c1-11-4-6-13(7-5-11)10-17(3)21(18,19)15-8-12(2)14(9-16)20-15/h4-8H,9-10H2,1-3H3. The summed E-state index contributed by atoms with van der Waals surface area (Å²) in [5, 5.41) is 0. The van der Waals surface area contributed by atoms with Crippen molar-refractivity contribution in [2.75, 3.05) is 7.05 Å². The highest BCUT2D eigenvalue weighted by Crippen LogP contribution is 2.29. The Balaban J connectivity index is 2.23. The van der Waals surface area contributed by atoms with Gasteiger partial charge in [-0.05, 0) is 31.0 Å². The van der Waals surface area contributed by atoms with Crippen LogP contribution in [0.25, 0.3) is 0 Å². The van der Waals surface area contributed by atoms with Crippen molar-refractivity contribution in [3.63, 3.8) is 0 Å². The number of nitrogens with zero attached hydrogens (tertiary/aromatic N) is 1. The lowest BCUT2D eigenvalue weighted by atomic mass is 10.1. The summed E-state index contributed by atoms with van der Waals surface area (Å²) in [6.45, 7) is 4.25. The molecule has 0 atom stereocenters. The Morgan fingerprint density at radius 2 is 1.81 bits per heavy atom. The van der Waals surface area contributed by atoms with Crippen LogP contribution in [-0.4, -0.2) is 19.8 Å². The van der Waals surface area contributed by atoms with Gasteiger partial charge in [-0.15, -0.1) is 22.9 Å². The third kappa shape index (κ3) is 3.66. The second kappa shape index (κ2) is 6.48. The largest absolute Gasteiger partial charge is 0.252 e. The second-order valence-electron chi connectivity index (χ2n) is 5.05. The van der Waals surface area contributed by atoms with Crippen molar-refractivity contribution in [3.8, 4) is 0 Å². The van der Waals surface area contributed by atoms with Crippen molar-refractivity contribution < 1.29 is 8.42 Å². The van der Waals surface area contributed by atoms with Crippen LogP contribution in [0, 0.1) is 13.8 Å². The maximum absolute atomic E-state index is 12.6. The molecular formula is C15H18ClNO2S2. The van der Waals surface area contributed by atoms with Crippen molar-refractivity contribution in [3.05, 3.63) is 51.9 Å². The van der Waals surface area contributed by atoms with E-state index in [0.717, 1.165) is 21.6 Å². The molecule has 0 saturated heterocycles. The number of aryl methyl sites for hydroxylation is 2. The van der Waals surface area contributed by atoms with Crippen molar-refractivity contribution >= 4 is 33.0 Å². The highest BCUT2D eigenvalue weighted by molar-refractivity contribution is 7.91. The van der Waals surface area contributed by atoms with E-state index in [-0.39, 0.29) is 0 Å². The molecule has 0 N–H and O–H groups in total. The summed E-state index contributed by atoms with van der Waals surface area (Å²) in [6.07, 6.45) is 0. The van der Waals surface area contributed by atoms with Gasteiger partial charge in [-0.3, -0.25) is 0 Å². The van der Waals surface area contributed by atoms with E-state index in [2.05, 4.69) is 0 Å². The highest BCUT2D eigenvalue weighted by atomic mass is 35.5. The zero-order valence-electron chi connectivity index (χ0n) is 12.3. The predicted octanol–water partition coefficient (Wildman–Crippen LogP) is 3.92. The average Bonchev–Trinajstić information content (AvgIpc) is 2.83. The normalized spacial score (nSPS) is 12.0. The van der Waals surface area contributed by atoms with Gasteiger partial charge in [0.2, 0.25) is 0 Å². The fourth-order valence-electron chi connectivity index (χ4n) is 1.94. The number of benzene rings is 1. The van der Waals surface area contributed by atoms with Crippen LogP contribution in [0.3, 0.4) is 0 Å². The van der Waals surface area contributed by atoms with Crippen LogP contribution in [0.4, 0.5) is 0 Å². The van der Waals surface area contributed by atoms with Gasteiger partial charge in [0.15, 0.2) is 0 Å². The van der Waals surface area contributed by atoms with E-state index in [1.54, 1.807) is 13.1 Å². The molecule has 0 bridgehead atoms. The first-order valence-electron chi connectivity index (χ1n) is 6.51. The molecule has 6 heteroatoms. The average molecular weight is 344 g/mol.